The average Bonchev–Trinajstić information content (AvgIpc) is 2.49. The average molecular weight is 208 g/mol. The van der Waals surface area contributed by atoms with Crippen LogP contribution in [0.4, 0.5) is 0 Å². The number of aryl methyl sites for hydroxylation is 2. The van der Waals surface area contributed by atoms with E-state index in [2.05, 4.69) is 11.0 Å². The second-order valence-electron chi connectivity index (χ2n) is 3.39. The lowest BCUT2D eigenvalue weighted by Crippen LogP contribution is -2.02. The molecular weight excluding hydrogens is 192 g/mol. The molecule has 0 aliphatic heterocycles. The minimum absolute atomic E-state index is 0.527. The number of aromatic nitrogens is 2. The van der Waals surface area contributed by atoms with E-state index in [1.807, 2.05) is 6.92 Å². The second-order valence-corrected chi connectivity index (χ2v) is 3.39. The van der Waals surface area contributed by atoms with Crippen molar-refractivity contribution in [1.82, 2.24) is 9.78 Å². The molecule has 0 radical (unpaired) electrons. The van der Waals surface area contributed by atoms with Gasteiger partial charge in [-0.05, 0) is 13.3 Å². The summed E-state index contributed by atoms with van der Waals surface area (Å²) in [4.78, 5) is 0. The first kappa shape index (κ1) is 11.6. The first-order valence-electron chi connectivity index (χ1n) is 4.80. The van der Waals surface area contributed by atoms with Gasteiger partial charge in [-0.15, -0.1) is 12.3 Å². The van der Waals surface area contributed by atoms with Gasteiger partial charge in [0.2, 0.25) is 5.88 Å². The fourth-order valence-electron chi connectivity index (χ4n) is 1.64. The molecular formula is C11H16N2O2. The summed E-state index contributed by atoms with van der Waals surface area (Å²) in [7, 11) is 3.34. The van der Waals surface area contributed by atoms with E-state index in [1.165, 1.54) is 0 Å². The Morgan fingerprint density at radius 2 is 2.33 bits per heavy atom. The molecule has 1 aromatic rings. The molecule has 0 saturated carbocycles. The van der Waals surface area contributed by atoms with Crippen molar-refractivity contribution in [2.45, 2.75) is 25.9 Å². The van der Waals surface area contributed by atoms with Gasteiger partial charge in [-0.1, -0.05) is 0 Å². The predicted molar refractivity (Wildman–Crippen MR) is 57.5 cm³/mol. The number of ether oxygens (including phenoxy) is 1. The van der Waals surface area contributed by atoms with Crippen molar-refractivity contribution in [2.24, 2.45) is 7.05 Å². The number of aliphatic hydroxyl groups excluding tert-OH is 1. The third-order valence-electron chi connectivity index (χ3n) is 2.30. The van der Waals surface area contributed by atoms with Crippen LogP contribution in [0.25, 0.3) is 0 Å². The third kappa shape index (κ3) is 2.31. The first-order chi connectivity index (χ1) is 7.11. The molecule has 1 heterocycles. The molecule has 15 heavy (non-hydrogen) atoms. The minimum atomic E-state index is -0.607. The normalized spacial score (nSPS) is 12.2. The molecule has 1 unspecified atom stereocenters. The Kier molecular flexibility index (Phi) is 3.75. The van der Waals surface area contributed by atoms with E-state index in [0.717, 1.165) is 11.3 Å². The van der Waals surface area contributed by atoms with E-state index in [9.17, 15) is 5.11 Å². The fraction of sp³-hybridized carbons (Fsp3) is 0.545. The predicted octanol–water partition coefficient (Wildman–Crippen LogP) is 1.18. The zero-order valence-electron chi connectivity index (χ0n) is 9.32. The maximum atomic E-state index is 9.93. The van der Waals surface area contributed by atoms with Crippen LogP contribution < -0.4 is 4.74 Å². The van der Waals surface area contributed by atoms with Gasteiger partial charge in [0.15, 0.2) is 0 Å². The van der Waals surface area contributed by atoms with Gasteiger partial charge in [-0.3, -0.25) is 0 Å². The topological polar surface area (TPSA) is 47.3 Å². The molecule has 0 amide bonds. The van der Waals surface area contributed by atoms with Crippen molar-refractivity contribution in [2.75, 3.05) is 7.11 Å². The number of hydrogen-bond acceptors (Lipinski definition) is 3. The van der Waals surface area contributed by atoms with E-state index in [0.29, 0.717) is 18.7 Å². The number of methoxy groups -OCH3 is 1. The largest absolute Gasteiger partial charge is 0.481 e. The molecule has 0 saturated heterocycles. The van der Waals surface area contributed by atoms with Crippen LogP contribution in [-0.2, 0) is 7.05 Å². The SMILES string of the molecule is C#CCCC(O)c1c(C)nn(C)c1OC. The lowest BCUT2D eigenvalue weighted by Gasteiger charge is -2.10. The highest BCUT2D eigenvalue weighted by Crippen LogP contribution is 2.30. The molecule has 1 aromatic heterocycles. The minimum Gasteiger partial charge on any atom is -0.481 e. The monoisotopic (exact) mass is 208 g/mol. The molecule has 1 atom stereocenters. The maximum Gasteiger partial charge on any atom is 0.217 e. The van der Waals surface area contributed by atoms with E-state index in [-0.39, 0.29) is 0 Å². The van der Waals surface area contributed by atoms with Crippen LogP contribution in [0.3, 0.4) is 0 Å². The molecule has 0 aliphatic carbocycles. The van der Waals surface area contributed by atoms with E-state index in [1.54, 1.807) is 18.8 Å². The van der Waals surface area contributed by atoms with Crippen LogP contribution >= 0.6 is 0 Å². The van der Waals surface area contributed by atoms with Crippen LogP contribution in [0.15, 0.2) is 0 Å². The number of hydrogen-bond donors (Lipinski definition) is 1. The molecule has 0 spiro atoms. The van der Waals surface area contributed by atoms with Crippen LogP contribution in [0.2, 0.25) is 0 Å². The quantitative estimate of drug-likeness (QED) is 0.756. The number of aliphatic hydroxyl groups is 1. The maximum absolute atomic E-state index is 9.93. The summed E-state index contributed by atoms with van der Waals surface area (Å²) in [5.74, 6) is 3.10. The Morgan fingerprint density at radius 1 is 1.67 bits per heavy atom. The zero-order chi connectivity index (χ0) is 11.4. The van der Waals surface area contributed by atoms with Gasteiger partial charge in [-0.2, -0.15) is 5.10 Å². The molecule has 0 aromatic carbocycles. The van der Waals surface area contributed by atoms with Crippen LogP contribution in [0.1, 0.15) is 30.2 Å². The highest BCUT2D eigenvalue weighted by Gasteiger charge is 2.20. The summed E-state index contributed by atoms with van der Waals surface area (Å²) in [5.41, 5.74) is 1.51. The lowest BCUT2D eigenvalue weighted by atomic mass is 10.1. The van der Waals surface area contributed by atoms with E-state index >= 15 is 0 Å². The Hall–Kier alpha value is -1.47. The van der Waals surface area contributed by atoms with Crippen molar-refractivity contribution in [3.8, 4) is 18.2 Å². The van der Waals surface area contributed by atoms with Crippen molar-refractivity contribution < 1.29 is 9.84 Å². The summed E-state index contributed by atoms with van der Waals surface area (Å²) in [5, 5.41) is 14.1. The Morgan fingerprint density at radius 3 is 2.87 bits per heavy atom. The summed E-state index contributed by atoms with van der Waals surface area (Å²) >= 11 is 0. The lowest BCUT2D eigenvalue weighted by molar-refractivity contribution is 0.164. The second kappa shape index (κ2) is 4.85. The number of nitrogens with zero attached hydrogens (tertiary/aromatic N) is 2. The first-order valence-corrected chi connectivity index (χ1v) is 4.80. The zero-order valence-corrected chi connectivity index (χ0v) is 9.32. The van der Waals surface area contributed by atoms with Crippen molar-refractivity contribution >= 4 is 0 Å². The van der Waals surface area contributed by atoms with Gasteiger partial charge < -0.3 is 9.84 Å². The smallest absolute Gasteiger partial charge is 0.217 e. The Bertz CT molecular complexity index is 377. The third-order valence-corrected chi connectivity index (χ3v) is 2.30. The Balaban J connectivity index is 2.97. The van der Waals surface area contributed by atoms with Crippen molar-refractivity contribution in [3.05, 3.63) is 11.3 Å². The highest BCUT2D eigenvalue weighted by atomic mass is 16.5. The van der Waals surface area contributed by atoms with Crippen LogP contribution in [-0.4, -0.2) is 22.0 Å². The molecule has 4 nitrogen and oxygen atoms in total. The summed E-state index contributed by atoms with van der Waals surface area (Å²) < 4.78 is 6.80. The molecule has 0 aliphatic rings. The van der Waals surface area contributed by atoms with Crippen LogP contribution in [0, 0.1) is 19.3 Å². The highest BCUT2D eigenvalue weighted by molar-refractivity contribution is 5.33. The molecule has 0 bridgehead atoms. The summed E-state index contributed by atoms with van der Waals surface area (Å²) in [6.45, 7) is 1.84. The standard InChI is InChI=1S/C11H16N2O2/c1-5-6-7-9(14)10-8(2)12-13(3)11(10)15-4/h1,9,14H,6-7H2,2-4H3. The van der Waals surface area contributed by atoms with Gasteiger partial charge >= 0.3 is 0 Å². The van der Waals surface area contributed by atoms with Crippen LogP contribution in [0.5, 0.6) is 5.88 Å². The molecule has 82 valence electrons. The summed E-state index contributed by atoms with van der Waals surface area (Å²) in [6, 6.07) is 0. The van der Waals surface area contributed by atoms with Gasteiger partial charge in [0.25, 0.3) is 0 Å². The molecule has 0 fully saturated rings. The van der Waals surface area contributed by atoms with Gasteiger partial charge in [-0.25, -0.2) is 4.68 Å². The summed E-state index contributed by atoms with van der Waals surface area (Å²) in [6.07, 6.45) is 5.62. The Labute approximate surface area is 89.9 Å². The molecule has 1 N–H and O–H groups in total. The van der Waals surface area contributed by atoms with Gasteiger partial charge in [0, 0.05) is 13.5 Å². The number of rotatable bonds is 4. The molecule has 1 rings (SSSR count). The number of terminal acetylenes is 1. The fourth-order valence-corrected chi connectivity index (χ4v) is 1.64. The van der Waals surface area contributed by atoms with E-state index in [4.69, 9.17) is 11.2 Å². The molecule has 4 heteroatoms. The van der Waals surface area contributed by atoms with Crippen molar-refractivity contribution in [1.29, 1.82) is 0 Å². The van der Waals surface area contributed by atoms with Gasteiger partial charge in [0.05, 0.1) is 24.5 Å². The van der Waals surface area contributed by atoms with Crippen molar-refractivity contribution in [3.63, 3.8) is 0 Å². The van der Waals surface area contributed by atoms with Gasteiger partial charge in [0.1, 0.15) is 0 Å². The van der Waals surface area contributed by atoms with E-state index < -0.39 is 6.10 Å².